The first kappa shape index (κ1) is 8.82. The predicted octanol–water partition coefficient (Wildman–Crippen LogP) is 0.296. The Balaban J connectivity index is 0. The minimum absolute atomic E-state index is 0. The van der Waals surface area contributed by atoms with Crippen LogP contribution >= 0.6 is 0 Å². The Kier molecular flexibility index (Phi) is 20.8. The van der Waals surface area contributed by atoms with Crippen LogP contribution < -0.4 is 0 Å². The Morgan fingerprint density at radius 3 is 1.75 bits per heavy atom. The molecule has 0 aliphatic heterocycles. The monoisotopic (exact) mass is 250 g/mol. The molecule has 0 heterocycles. The third-order valence-corrected chi connectivity index (χ3v) is 0. The summed E-state index contributed by atoms with van der Waals surface area (Å²) < 4.78 is 0. The van der Waals surface area contributed by atoms with Crippen molar-refractivity contribution in [2.45, 2.75) is 0 Å². The average Bonchev–Trinajstić information content (AvgIpc) is 0.918. The predicted molar refractivity (Wildman–Crippen MR) is 16.0 cm³/mol. The third kappa shape index (κ3) is 17.2. The van der Waals surface area contributed by atoms with Crippen LogP contribution in [0.25, 0.3) is 0 Å². The average molecular weight is 250 g/mol. The summed E-state index contributed by atoms with van der Waals surface area (Å²) in [5.74, 6) is 0. The topological polar surface area (TPSA) is 0 Å². The van der Waals surface area contributed by atoms with E-state index in [0.717, 1.165) is 0 Å². The summed E-state index contributed by atoms with van der Waals surface area (Å²) in [6.07, 6.45) is 0. The van der Waals surface area contributed by atoms with Gasteiger partial charge in [0.05, 0.1) is 10.2 Å². The molecular formula is C2H3PtSi+2. The van der Waals surface area contributed by atoms with Gasteiger partial charge in [-0.2, -0.15) is 0 Å². The fraction of sp³-hybridized carbons (Fsp3) is 0. The van der Waals surface area contributed by atoms with Crippen LogP contribution in [0.5, 0.6) is 0 Å². The van der Waals surface area contributed by atoms with E-state index in [2.05, 4.69) is 16.8 Å². The molecule has 0 aliphatic rings. The fourth-order valence-corrected chi connectivity index (χ4v) is 0. The third-order valence-electron chi connectivity index (χ3n) is 0. The van der Waals surface area contributed by atoms with Gasteiger partial charge in [0.25, 0.3) is 0 Å². The van der Waals surface area contributed by atoms with E-state index in [4.69, 9.17) is 0 Å². The van der Waals surface area contributed by atoms with E-state index >= 15 is 0 Å². The maximum absolute atomic E-state index is 3.27. The Morgan fingerprint density at radius 1 is 1.75 bits per heavy atom. The Bertz CT molecular complexity index is 13.5. The van der Waals surface area contributed by atoms with Crippen LogP contribution in [0.2, 0.25) is 0 Å². The Labute approximate surface area is 44.0 Å². The standard InChI is InChI=1S/C2H3Si.Pt/c1-2-3;/h2H,1H2;/q;+2. The molecule has 0 amide bonds. The molecule has 23 valence electrons. The van der Waals surface area contributed by atoms with Crippen molar-refractivity contribution in [3.8, 4) is 0 Å². The summed E-state index contributed by atoms with van der Waals surface area (Å²) in [5, 5.41) is 0. The van der Waals surface area contributed by atoms with Crippen molar-refractivity contribution < 1.29 is 21.1 Å². The van der Waals surface area contributed by atoms with Crippen LogP contribution in [0.1, 0.15) is 0 Å². The van der Waals surface area contributed by atoms with E-state index in [9.17, 15) is 0 Å². The number of rotatable bonds is 0. The van der Waals surface area contributed by atoms with E-state index in [1.54, 1.807) is 5.70 Å². The molecule has 0 saturated heterocycles. The SMILES string of the molecule is C=C[Si].[Pt+2]. The van der Waals surface area contributed by atoms with Crippen molar-refractivity contribution in [1.29, 1.82) is 0 Å². The van der Waals surface area contributed by atoms with E-state index in [-0.39, 0.29) is 21.1 Å². The van der Waals surface area contributed by atoms with Crippen molar-refractivity contribution in [3.05, 3.63) is 12.3 Å². The second kappa shape index (κ2) is 9.42. The summed E-state index contributed by atoms with van der Waals surface area (Å²) in [4.78, 5) is 0. The van der Waals surface area contributed by atoms with Crippen LogP contribution in [0.3, 0.4) is 0 Å². The molecule has 0 spiro atoms. The fourth-order valence-electron chi connectivity index (χ4n) is 0. The Morgan fingerprint density at radius 2 is 1.75 bits per heavy atom. The molecule has 0 aliphatic carbocycles. The molecule has 0 N–H and O–H groups in total. The molecule has 0 saturated carbocycles. The van der Waals surface area contributed by atoms with E-state index in [1.807, 2.05) is 0 Å². The van der Waals surface area contributed by atoms with Crippen LogP contribution in [-0.2, 0) is 21.1 Å². The van der Waals surface area contributed by atoms with Crippen molar-refractivity contribution in [2.24, 2.45) is 0 Å². The van der Waals surface area contributed by atoms with E-state index < -0.39 is 0 Å². The zero-order valence-electron chi connectivity index (χ0n) is 2.10. The summed E-state index contributed by atoms with van der Waals surface area (Å²) in [6.45, 7) is 3.27. The van der Waals surface area contributed by atoms with Gasteiger partial charge in [0.15, 0.2) is 0 Å². The summed E-state index contributed by atoms with van der Waals surface area (Å²) >= 11 is 0. The molecule has 0 rings (SSSR count). The molecule has 4 heavy (non-hydrogen) atoms. The van der Waals surface area contributed by atoms with Crippen molar-refractivity contribution in [3.63, 3.8) is 0 Å². The van der Waals surface area contributed by atoms with Gasteiger partial charge in [-0.25, -0.2) is 0 Å². The molecule has 0 atom stereocenters. The molecule has 0 bridgehead atoms. The summed E-state index contributed by atoms with van der Waals surface area (Å²) in [7, 11) is 2.95. The first-order chi connectivity index (χ1) is 1.41. The van der Waals surface area contributed by atoms with Gasteiger partial charge in [0.1, 0.15) is 0 Å². The summed E-state index contributed by atoms with van der Waals surface area (Å²) in [5.41, 5.74) is 1.56. The van der Waals surface area contributed by atoms with Crippen LogP contribution in [0.15, 0.2) is 12.3 Å². The zero-order valence-corrected chi connectivity index (χ0v) is 5.37. The van der Waals surface area contributed by atoms with Gasteiger partial charge in [-0.1, -0.05) is 0 Å². The van der Waals surface area contributed by atoms with Gasteiger partial charge >= 0.3 is 21.1 Å². The summed E-state index contributed by atoms with van der Waals surface area (Å²) in [6, 6.07) is 0. The minimum Gasteiger partial charge on any atom is -0.109 e. The van der Waals surface area contributed by atoms with Crippen LogP contribution in [-0.4, -0.2) is 10.2 Å². The van der Waals surface area contributed by atoms with E-state index in [1.165, 1.54) is 0 Å². The first-order valence-corrected chi connectivity index (χ1v) is 1.27. The zero-order chi connectivity index (χ0) is 2.71. The second-order valence-corrected chi connectivity index (χ2v) is 0.612. The van der Waals surface area contributed by atoms with Gasteiger partial charge < -0.3 is 0 Å². The number of hydrogen-bond donors (Lipinski definition) is 0. The molecular weight excluding hydrogens is 247 g/mol. The molecule has 3 radical (unpaired) electrons. The first-order valence-electron chi connectivity index (χ1n) is 0.697. The maximum atomic E-state index is 3.27. The quantitative estimate of drug-likeness (QED) is 0.542. The van der Waals surface area contributed by atoms with Crippen molar-refractivity contribution in [2.75, 3.05) is 0 Å². The van der Waals surface area contributed by atoms with Crippen molar-refractivity contribution >= 4 is 10.2 Å². The van der Waals surface area contributed by atoms with E-state index in [0.29, 0.717) is 0 Å². The molecule has 0 unspecified atom stereocenters. The van der Waals surface area contributed by atoms with Gasteiger partial charge in [0.2, 0.25) is 0 Å². The smallest absolute Gasteiger partial charge is 0.109 e. The van der Waals surface area contributed by atoms with Crippen LogP contribution in [0.4, 0.5) is 0 Å². The van der Waals surface area contributed by atoms with Crippen molar-refractivity contribution in [1.82, 2.24) is 0 Å². The van der Waals surface area contributed by atoms with Gasteiger partial charge in [0, 0.05) is 0 Å². The normalized spacial score (nSPS) is 3.25. The molecule has 0 nitrogen and oxygen atoms in total. The number of hydrogen-bond acceptors (Lipinski definition) is 0. The van der Waals surface area contributed by atoms with Gasteiger partial charge in [-0.15, -0.1) is 12.3 Å². The van der Waals surface area contributed by atoms with Gasteiger partial charge in [-0.3, -0.25) is 0 Å². The largest absolute Gasteiger partial charge is 2.00 e. The minimum atomic E-state index is 0. The maximum Gasteiger partial charge on any atom is 2.00 e. The van der Waals surface area contributed by atoms with Gasteiger partial charge in [-0.05, 0) is 0 Å². The Hall–Kier alpha value is 0.645. The molecule has 0 aromatic heterocycles. The molecule has 0 aromatic rings. The molecule has 0 fully saturated rings. The molecule has 2 heteroatoms. The molecule has 0 aromatic carbocycles. The van der Waals surface area contributed by atoms with Crippen LogP contribution in [0, 0.1) is 0 Å². The second-order valence-electron chi connectivity index (χ2n) is 0.204.